The standard InChI is InChI=1S/C14H22N4O4S/c1-10(2)18(9-13(15)19)7-6-14(20)17-11-4-3-5-12(8-11)23(16,21)22/h3-5,8,10H,6-7,9H2,1-2H3,(H2,15,19)(H,17,20)(H2,16,21,22). The van der Waals surface area contributed by atoms with Crippen LogP contribution in [0.3, 0.4) is 0 Å². The summed E-state index contributed by atoms with van der Waals surface area (Å²) >= 11 is 0. The van der Waals surface area contributed by atoms with Gasteiger partial charge >= 0.3 is 0 Å². The van der Waals surface area contributed by atoms with Crippen molar-refractivity contribution < 1.29 is 18.0 Å². The smallest absolute Gasteiger partial charge is 0.238 e. The third-order valence-electron chi connectivity index (χ3n) is 3.16. The van der Waals surface area contributed by atoms with Crippen LogP contribution in [0.25, 0.3) is 0 Å². The van der Waals surface area contributed by atoms with E-state index in [0.29, 0.717) is 12.2 Å². The molecular formula is C14H22N4O4S. The topological polar surface area (TPSA) is 136 Å². The van der Waals surface area contributed by atoms with Gasteiger partial charge in [-0.15, -0.1) is 0 Å². The molecule has 0 aromatic heterocycles. The van der Waals surface area contributed by atoms with Crippen molar-refractivity contribution in [3.05, 3.63) is 24.3 Å². The average Bonchev–Trinajstić information content (AvgIpc) is 2.42. The summed E-state index contributed by atoms with van der Waals surface area (Å²) in [5.74, 6) is -0.758. The summed E-state index contributed by atoms with van der Waals surface area (Å²) in [6.07, 6.45) is 0.144. The molecule has 5 N–H and O–H groups in total. The lowest BCUT2D eigenvalue weighted by atomic mass is 10.2. The molecule has 0 radical (unpaired) electrons. The number of amides is 2. The molecule has 0 aliphatic carbocycles. The number of hydrogen-bond acceptors (Lipinski definition) is 5. The summed E-state index contributed by atoms with van der Waals surface area (Å²) in [7, 11) is -3.82. The van der Waals surface area contributed by atoms with E-state index in [2.05, 4.69) is 5.32 Å². The quantitative estimate of drug-likeness (QED) is 0.604. The second-order valence-corrected chi connectivity index (χ2v) is 6.96. The van der Waals surface area contributed by atoms with Gasteiger partial charge in [-0.25, -0.2) is 13.6 Å². The van der Waals surface area contributed by atoms with Gasteiger partial charge in [0.05, 0.1) is 11.4 Å². The summed E-state index contributed by atoms with van der Waals surface area (Å²) in [6, 6.07) is 5.76. The first-order chi connectivity index (χ1) is 10.6. The van der Waals surface area contributed by atoms with Gasteiger partial charge in [-0.05, 0) is 32.0 Å². The molecule has 0 atom stereocenters. The molecule has 2 amide bonds. The van der Waals surface area contributed by atoms with Crippen LogP contribution in [0, 0.1) is 0 Å². The van der Waals surface area contributed by atoms with Crippen molar-refractivity contribution in [1.82, 2.24) is 4.90 Å². The highest BCUT2D eigenvalue weighted by Crippen LogP contribution is 2.14. The number of nitrogens with two attached hydrogens (primary N) is 2. The van der Waals surface area contributed by atoms with Crippen LogP contribution in [0.5, 0.6) is 0 Å². The number of nitrogens with zero attached hydrogens (tertiary/aromatic N) is 1. The summed E-state index contributed by atoms with van der Waals surface area (Å²) in [6.45, 7) is 4.24. The van der Waals surface area contributed by atoms with E-state index in [-0.39, 0.29) is 29.8 Å². The Balaban J connectivity index is 2.65. The van der Waals surface area contributed by atoms with Gasteiger partial charge in [0, 0.05) is 24.7 Å². The van der Waals surface area contributed by atoms with Gasteiger partial charge in [-0.1, -0.05) is 6.07 Å². The third kappa shape index (κ3) is 6.76. The number of carbonyl (C=O) groups is 2. The van der Waals surface area contributed by atoms with Gasteiger partial charge < -0.3 is 11.1 Å². The van der Waals surface area contributed by atoms with Crippen molar-refractivity contribution in [2.24, 2.45) is 10.9 Å². The summed E-state index contributed by atoms with van der Waals surface area (Å²) < 4.78 is 22.6. The first-order valence-electron chi connectivity index (χ1n) is 7.04. The third-order valence-corrected chi connectivity index (χ3v) is 4.07. The highest BCUT2D eigenvalue weighted by atomic mass is 32.2. The first-order valence-corrected chi connectivity index (χ1v) is 8.59. The normalized spacial score (nSPS) is 11.7. The lowest BCUT2D eigenvalue weighted by Gasteiger charge is -2.24. The zero-order valence-corrected chi connectivity index (χ0v) is 14.0. The minimum Gasteiger partial charge on any atom is -0.369 e. The van der Waals surface area contributed by atoms with Gasteiger partial charge in [-0.3, -0.25) is 14.5 Å². The predicted octanol–water partition coefficient (Wildman–Crippen LogP) is -0.142. The Labute approximate surface area is 135 Å². The van der Waals surface area contributed by atoms with Crippen LogP contribution in [-0.2, 0) is 19.6 Å². The molecular weight excluding hydrogens is 320 g/mol. The highest BCUT2D eigenvalue weighted by molar-refractivity contribution is 7.89. The molecule has 0 saturated carbocycles. The van der Waals surface area contributed by atoms with Crippen molar-refractivity contribution in [2.75, 3.05) is 18.4 Å². The molecule has 0 bridgehead atoms. The average molecular weight is 342 g/mol. The van der Waals surface area contributed by atoms with E-state index < -0.39 is 15.9 Å². The van der Waals surface area contributed by atoms with Gasteiger partial charge in [-0.2, -0.15) is 0 Å². The molecule has 8 nitrogen and oxygen atoms in total. The van der Waals surface area contributed by atoms with Gasteiger partial charge in [0.25, 0.3) is 0 Å². The number of hydrogen-bond donors (Lipinski definition) is 3. The molecule has 9 heteroatoms. The molecule has 128 valence electrons. The summed E-state index contributed by atoms with van der Waals surface area (Å²) in [5.41, 5.74) is 5.51. The van der Waals surface area contributed by atoms with Crippen LogP contribution < -0.4 is 16.2 Å². The maximum absolute atomic E-state index is 12.0. The predicted molar refractivity (Wildman–Crippen MR) is 87.0 cm³/mol. The second kappa shape index (κ2) is 8.04. The molecule has 1 rings (SSSR count). The van der Waals surface area contributed by atoms with Gasteiger partial charge in [0.1, 0.15) is 0 Å². The maximum atomic E-state index is 12.0. The van der Waals surface area contributed by atoms with Crippen molar-refractivity contribution in [3.63, 3.8) is 0 Å². The highest BCUT2D eigenvalue weighted by Gasteiger charge is 2.14. The van der Waals surface area contributed by atoms with E-state index in [9.17, 15) is 18.0 Å². The van der Waals surface area contributed by atoms with E-state index in [0.717, 1.165) is 0 Å². The maximum Gasteiger partial charge on any atom is 0.238 e. The minimum absolute atomic E-state index is 0.0704. The largest absolute Gasteiger partial charge is 0.369 e. The van der Waals surface area contributed by atoms with Crippen molar-refractivity contribution in [3.8, 4) is 0 Å². The fourth-order valence-electron chi connectivity index (χ4n) is 1.94. The minimum atomic E-state index is -3.82. The van der Waals surface area contributed by atoms with Crippen LogP contribution >= 0.6 is 0 Å². The summed E-state index contributed by atoms with van der Waals surface area (Å²) in [4.78, 5) is 24.6. The Bertz CT molecular complexity index is 673. The summed E-state index contributed by atoms with van der Waals surface area (Å²) in [5, 5.41) is 7.64. The zero-order valence-electron chi connectivity index (χ0n) is 13.2. The van der Waals surface area contributed by atoms with E-state index in [1.165, 1.54) is 18.2 Å². The Morgan fingerprint density at radius 1 is 1.30 bits per heavy atom. The number of anilines is 1. The van der Waals surface area contributed by atoms with Crippen molar-refractivity contribution in [2.45, 2.75) is 31.2 Å². The van der Waals surface area contributed by atoms with Crippen LogP contribution in [0.2, 0.25) is 0 Å². The molecule has 23 heavy (non-hydrogen) atoms. The van der Waals surface area contributed by atoms with Gasteiger partial charge in [0.2, 0.25) is 21.8 Å². The lowest BCUT2D eigenvalue weighted by Crippen LogP contribution is -2.40. The molecule has 0 spiro atoms. The number of primary sulfonamides is 1. The van der Waals surface area contributed by atoms with Crippen LogP contribution in [0.4, 0.5) is 5.69 Å². The Hall–Kier alpha value is -1.97. The van der Waals surface area contributed by atoms with E-state index in [4.69, 9.17) is 10.9 Å². The van der Waals surface area contributed by atoms with E-state index in [1.807, 2.05) is 13.8 Å². The Kier molecular flexibility index (Phi) is 6.67. The number of primary amides is 1. The molecule has 0 saturated heterocycles. The van der Waals surface area contributed by atoms with Crippen LogP contribution in [-0.4, -0.2) is 44.3 Å². The molecule has 0 aliphatic heterocycles. The van der Waals surface area contributed by atoms with E-state index >= 15 is 0 Å². The lowest BCUT2D eigenvalue weighted by molar-refractivity contribution is -0.121. The van der Waals surface area contributed by atoms with Crippen molar-refractivity contribution in [1.29, 1.82) is 0 Å². The number of carbonyl (C=O) groups excluding carboxylic acids is 2. The molecule has 1 aromatic carbocycles. The van der Waals surface area contributed by atoms with E-state index in [1.54, 1.807) is 11.0 Å². The molecule has 0 unspecified atom stereocenters. The Morgan fingerprint density at radius 2 is 1.96 bits per heavy atom. The Morgan fingerprint density at radius 3 is 2.48 bits per heavy atom. The zero-order chi connectivity index (χ0) is 17.6. The molecule has 1 aromatic rings. The van der Waals surface area contributed by atoms with Crippen LogP contribution in [0.1, 0.15) is 20.3 Å². The first kappa shape index (κ1) is 19.1. The molecule has 0 aliphatic rings. The monoisotopic (exact) mass is 342 g/mol. The number of sulfonamides is 1. The number of nitrogens with one attached hydrogen (secondary N) is 1. The number of rotatable bonds is 8. The molecule has 0 heterocycles. The van der Waals surface area contributed by atoms with Crippen LogP contribution in [0.15, 0.2) is 29.2 Å². The van der Waals surface area contributed by atoms with Gasteiger partial charge in [0.15, 0.2) is 0 Å². The second-order valence-electron chi connectivity index (χ2n) is 5.40. The fourth-order valence-corrected chi connectivity index (χ4v) is 2.50. The van der Waals surface area contributed by atoms with Crippen molar-refractivity contribution >= 4 is 27.5 Å². The molecule has 0 fully saturated rings. The fraction of sp³-hybridized carbons (Fsp3) is 0.429. The number of benzene rings is 1. The SMILES string of the molecule is CC(C)N(CCC(=O)Nc1cccc(S(N)(=O)=O)c1)CC(N)=O.